The van der Waals surface area contributed by atoms with E-state index in [-0.39, 0.29) is 5.95 Å². The van der Waals surface area contributed by atoms with Gasteiger partial charge in [-0.15, -0.1) is 0 Å². The number of nitrogen functional groups attached to an aromatic ring is 1. The SMILES string of the molecule is Cc1ccc(-c2nc(N)nc(-n3ccnc3)n2)cc1. The lowest BCUT2D eigenvalue weighted by molar-refractivity contribution is 0.906. The molecule has 2 aromatic heterocycles. The van der Waals surface area contributed by atoms with Crippen molar-refractivity contribution < 1.29 is 0 Å². The molecule has 0 aliphatic rings. The molecule has 6 heteroatoms. The first-order chi connectivity index (χ1) is 9.22. The van der Waals surface area contributed by atoms with E-state index in [0.717, 1.165) is 5.56 Å². The van der Waals surface area contributed by atoms with E-state index in [9.17, 15) is 0 Å². The maximum absolute atomic E-state index is 5.74. The van der Waals surface area contributed by atoms with Crippen molar-refractivity contribution in [1.82, 2.24) is 24.5 Å². The molecule has 0 fully saturated rings. The first kappa shape index (κ1) is 11.3. The van der Waals surface area contributed by atoms with Crippen LogP contribution in [0.4, 0.5) is 5.95 Å². The van der Waals surface area contributed by atoms with E-state index in [1.807, 2.05) is 31.2 Å². The van der Waals surface area contributed by atoms with Crippen LogP contribution in [0.2, 0.25) is 0 Å². The van der Waals surface area contributed by atoms with E-state index >= 15 is 0 Å². The van der Waals surface area contributed by atoms with Crippen molar-refractivity contribution in [1.29, 1.82) is 0 Å². The first-order valence-electron chi connectivity index (χ1n) is 5.79. The van der Waals surface area contributed by atoms with Gasteiger partial charge in [0.25, 0.3) is 0 Å². The molecular weight excluding hydrogens is 240 g/mol. The van der Waals surface area contributed by atoms with Crippen LogP contribution < -0.4 is 5.73 Å². The Hall–Kier alpha value is -2.76. The number of hydrogen-bond acceptors (Lipinski definition) is 5. The topological polar surface area (TPSA) is 82.5 Å². The summed E-state index contributed by atoms with van der Waals surface area (Å²) in [6, 6.07) is 7.93. The summed E-state index contributed by atoms with van der Waals surface area (Å²) in [5.41, 5.74) is 7.82. The van der Waals surface area contributed by atoms with Gasteiger partial charge in [0.2, 0.25) is 11.9 Å². The molecule has 3 aromatic rings. The molecule has 6 nitrogen and oxygen atoms in total. The number of aryl methyl sites for hydroxylation is 1. The van der Waals surface area contributed by atoms with Gasteiger partial charge in [0, 0.05) is 18.0 Å². The van der Waals surface area contributed by atoms with Crippen LogP contribution in [0.25, 0.3) is 17.3 Å². The summed E-state index contributed by atoms with van der Waals surface area (Å²) in [6.07, 6.45) is 5.03. The van der Waals surface area contributed by atoms with Crippen molar-refractivity contribution in [3.8, 4) is 17.3 Å². The molecule has 0 atom stereocenters. The highest BCUT2D eigenvalue weighted by molar-refractivity contribution is 5.56. The molecule has 0 amide bonds. The molecule has 0 spiro atoms. The fraction of sp³-hybridized carbons (Fsp3) is 0.0769. The van der Waals surface area contributed by atoms with Crippen LogP contribution >= 0.6 is 0 Å². The van der Waals surface area contributed by atoms with Gasteiger partial charge in [-0.2, -0.15) is 15.0 Å². The Morgan fingerprint density at radius 1 is 1.05 bits per heavy atom. The molecule has 0 saturated carbocycles. The number of nitrogens with zero attached hydrogens (tertiary/aromatic N) is 5. The summed E-state index contributed by atoms with van der Waals surface area (Å²) in [5, 5.41) is 0. The van der Waals surface area contributed by atoms with Gasteiger partial charge in [-0.05, 0) is 6.92 Å². The number of nitrogens with two attached hydrogens (primary N) is 1. The molecule has 94 valence electrons. The van der Waals surface area contributed by atoms with Crippen LogP contribution in [-0.2, 0) is 0 Å². The van der Waals surface area contributed by atoms with E-state index in [2.05, 4.69) is 19.9 Å². The van der Waals surface area contributed by atoms with E-state index in [0.29, 0.717) is 11.8 Å². The van der Waals surface area contributed by atoms with Gasteiger partial charge in [-0.1, -0.05) is 29.8 Å². The quantitative estimate of drug-likeness (QED) is 0.749. The van der Waals surface area contributed by atoms with E-state index in [4.69, 9.17) is 5.73 Å². The molecule has 19 heavy (non-hydrogen) atoms. The Morgan fingerprint density at radius 2 is 1.84 bits per heavy atom. The van der Waals surface area contributed by atoms with Gasteiger partial charge >= 0.3 is 0 Å². The van der Waals surface area contributed by atoms with Gasteiger partial charge in [0.05, 0.1) is 0 Å². The lowest BCUT2D eigenvalue weighted by atomic mass is 10.1. The monoisotopic (exact) mass is 252 g/mol. The third-order valence-corrected chi connectivity index (χ3v) is 2.69. The molecule has 2 heterocycles. The maximum atomic E-state index is 5.74. The van der Waals surface area contributed by atoms with Crippen molar-refractivity contribution in [3.05, 3.63) is 48.5 Å². The largest absolute Gasteiger partial charge is 0.368 e. The van der Waals surface area contributed by atoms with Crippen LogP contribution in [0, 0.1) is 6.92 Å². The van der Waals surface area contributed by atoms with Crippen molar-refractivity contribution in [3.63, 3.8) is 0 Å². The fourth-order valence-corrected chi connectivity index (χ4v) is 1.71. The molecular formula is C13H12N6. The van der Waals surface area contributed by atoms with Crippen molar-refractivity contribution in [2.24, 2.45) is 0 Å². The standard InChI is InChI=1S/C13H12N6/c1-9-2-4-10(5-3-9)11-16-12(14)18-13(17-11)19-7-6-15-8-19/h2-8H,1H3,(H2,14,16,17,18). The minimum Gasteiger partial charge on any atom is -0.368 e. The number of benzene rings is 1. The second-order valence-electron chi connectivity index (χ2n) is 4.15. The number of rotatable bonds is 2. The smallest absolute Gasteiger partial charge is 0.240 e. The highest BCUT2D eigenvalue weighted by atomic mass is 15.2. The zero-order valence-electron chi connectivity index (χ0n) is 10.4. The van der Waals surface area contributed by atoms with Crippen LogP contribution in [0.15, 0.2) is 43.0 Å². The van der Waals surface area contributed by atoms with Crippen molar-refractivity contribution in [2.45, 2.75) is 6.92 Å². The minimum absolute atomic E-state index is 0.189. The summed E-state index contributed by atoms with van der Waals surface area (Å²) >= 11 is 0. The molecule has 0 saturated heterocycles. The molecule has 1 aromatic carbocycles. The van der Waals surface area contributed by atoms with Gasteiger partial charge in [-0.25, -0.2) is 4.98 Å². The summed E-state index contributed by atoms with van der Waals surface area (Å²) in [5.74, 6) is 1.20. The highest BCUT2D eigenvalue weighted by Gasteiger charge is 2.07. The molecule has 0 radical (unpaired) electrons. The van der Waals surface area contributed by atoms with Crippen LogP contribution in [0.1, 0.15) is 5.56 Å². The molecule has 0 unspecified atom stereocenters. The third-order valence-electron chi connectivity index (χ3n) is 2.69. The summed E-state index contributed by atoms with van der Waals surface area (Å²) < 4.78 is 1.69. The molecule has 0 aliphatic carbocycles. The maximum Gasteiger partial charge on any atom is 0.240 e. The van der Waals surface area contributed by atoms with E-state index in [1.54, 1.807) is 23.3 Å². The summed E-state index contributed by atoms with van der Waals surface area (Å²) in [4.78, 5) is 16.6. The van der Waals surface area contributed by atoms with Crippen LogP contribution in [0.3, 0.4) is 0 Å². The average molecular weight is 252 g/mol. The lowest BCUT2D eigenvalue weighted by Gasteiger charge is -2.05. The number of hydrogen-bond donors (Lipinski definition) is 1. The Balaban J connectivity index is 2.10. The summed E-state index contributed by atoms with van der Waals surface area (Å²) in [7, 11) is 0. The zero-order valence-corrected chi connectivity index (χ0v) is 10.4. The van der Waals surface area contributed by atoms with E-state index < -0.39 is 0 Å². The Labute approximate surface area is 110 Å². The zero-order chi connectivity index (χ0) is 13.2. The van der Waals surface area contributed by atoms with Gasteiger partial charge < -0.3 is 5.73 Å². The van der Waals surface area contributed by atoms with Gasteiger partial charge in [0.1, 0.15) is 6.33 Å². The molecule has 0 aliphatic heterocycles. The highest BCUT2D eigenvalue weighted by Crippen LogP contribution is 2.17. The predicted molar refractivity (Wildman–Crippen MR) is 71.5 cm³/mol. The van der Waals surface area contributed by atoms with Gasteiger partial charge in [-0.3, -0.25) is 4.57 Å². The van der Waals surface area contributed by atoms with Gasteiger partial charge in [0.15, 0.2) is 5.82 Å². The number of aromatic nitrogens is 5. The number of anilines is 1. The van der Waals surface area contributed by atoms with Crippen LogP contribution in [-0.4, -0.2) is 24.5 Å². The third kappa shape index (κ3) is 2.28. The van der Waals surface area contributed by atoms with Crippen LogP contribution in [0.5, 0.6) is 0 Å². The summed E-state index contributed by atoms with van der Waals surface area (Å²) in [6.45, 7) is 2.03. The second kappa shape index (κ2) is 4.49. The Bertz CT molecular complexity index is 688. The predicted octanol–water partition coefficient (Wildman–Crippen LogP) is 1.61. The molecule has 0 bridgehead atoms. The number of imidazole rings is 1. The lowest BCUT2D eigenvalue weighted by Crippen LogP contribution is -2.06. The molecule has 3 rings (SSSR count). The minimum atomic E-state index is 0.189. The van der Waals surface area contributed by atoms with Crippen molar-refractivity contribution in [2.75, 3.05) is 5.73 Å². The average Bonchev–Trinajstić information content (AvgIpc) is 2.93. The van der Waals surface area contributed by atoms with Crippen molar-refractivity contribution >= 4 is 5.95 Å². The second-order valence-corrected chi connectivity index (χ2v) is 4.15. The first-order valence-corrected chi connectivity index (χ1v) is 5.79. The Kier molecular flexibility index (Phi) is 2.68. The Morgan fingerprint density at radius 3 is 2.53 bits per heavy atom. The molecule has 2 N–H and O–H groups in total. The van der Waals surface area contributed by atoms with E-state index in [1.165, 1.54) is 5.56 Å². The normalized spacial score (nSPS) is 10.6. The fourth-order valence-electron chi connectivity index (χ4n) is 1.71.